The number of anilines is 1. The number of esters is 4. The average molecular weight is 645 g/mol. The molecular formula is C30H29ClN2O10S. The van der Waals surface area contributed by atoms with Gasteiger partial charge in [-0.2, -0.15) is 0 Å². The first kappa shape index (κ1) is 32.7. The molecular weight excluding hydrogens is 616 g/mol. The SMILES string of the molecule is CC(=O)OCC1OC(SC2=N/C(=C/c3ccccc3Cl)C(=O)N2c2ccccc2)C(OC(C)=O)C(OC(C)=O)C1OC(C)=O. The number of nitrogens with zero attached hydrogens (tertiary/aromatic N) is 2. The fourth-order valence-electron chi connectivity index (χ4n) is 4.51. The summed E-state index contributed by atoms with van der Waals surface area (Å²) in [4.78, 5) is 67.8. The van der Waals surface area contributed by atoms with Gasteiger partial charge in [-0.3, -0.25) is 28.9 Å². The van der Waals surface area contributed by atoms with Gasteiger partial charge in [0.05, 0.1) is 5.69 Å². The third kappa shape index (κ3) is 8.04. The Morgan fingerprint density at radius 3 is 2.07 bits per heavy atom. The Morgan fingerprint density at radius 2 is 1.45 bits per heavy atom. The Bertz CT molecular complexity index is 1500. The van der Waals surface area contributed by atoms with Crippen molar-refractivity contribution in [2.45, 2.75) is 57.5 Å². The Labute approximate surface area is 262 Å². The van der Waals surface area contributed by atoms with E-state index in [2.05, 4.69) is 4.99 Å². The van der Waals surface area contributed by atoms with Gasteiger partial charge in [0.25, 0.3) is 5.91 Å². The van der Waals surface area contributed by atoms with Crippen LogP contribution in [0.15, 0.2) is 65.3 Å². The highest BCUT2D eigenvalue weighted by Crippen LogP contribution is 2.39. The summed E-state index contributed by atoms with van der Waals surface area (Å²) in [6.07, 6.45) is -3.64. The smallest absolute Gasteiger partial charge is 0.303 e. The van der Waals surface area contributed by atoms with Crippen LogP contribution in [-0.4, -0.2) is 71.4 Å². The largest absolute Gasteiger partial charge is 0.463 e. The molecule has 44 heavy (non-hydrogen) atoms. The van der Waals surface area contributed by atoms with Gasteiger partial charge in [-0.15, -0.1) is 0 Å². The zero-order valence-corrected chi connectivity index (χ0v) is 25.7. The van der Waals surface area contributed by atoms with Crippen LogP contribution in [0.2, 0.25) is 5.02 Å². The number of ether oxygens (including phenoxy) is 5. The lowest BCUT2D eigenvalue weighted by Crippen LogP contribution is -2.61. The number of carbonyl (C=O) groups is 5. The Balaban J connectivity index is 1.79. The molecule has 2 heterocycles. The van der Waals surface area contributed by atoms with E-state index in [9.17, 15) is 24.0 Å². The van der Waals surface area contributed by atoms with Crippen molar-refractivity contribution in [1.82, 2.24) is 0 Å². The van der Waals surface area contributed by atoms with Gasteiger partial charge in [-0.05, 0) is 29.8 Å². The maximum Gasteiger partial charge on any atom is 0.303 e. The Morgan fingerprint density at radius 1 is 0.864 bits per heavy atom. The van der Waals surface area contributed by atoms with Crippen molar-refractivity contribution < 1.29 is 47.7 Å². The maximum atomic E-state index is 13.7. The number of rotatable bonds is 8. The fourth-order valence-corrected chi connectivity index (χ4v) is 5.89. The highest BCUT2D eigenvalue weighted by molar-refractivity contribution is 8.14. The summed E-state index contributed by atoms with van der Waals surface area (Å²) in [6.45, 7) is 4.22. The first-order valence-corrected chi connectivity index (χ1v) is 14.6. The molecule has 4 rings (SSSR count). The van der Waals surface area contributed by atoms with Gasteiger partial charge in [-0.1, -0.05) is 59.8 Å². The van der Waals surface area contributed by atoms with E-state index in [1.54, 1.807) is 60.7 Å². The van der Waals surface area contributed by atoms with Crippen molar-refractivity contribution in [3.8, 4) is 0 Å². The normalized spacial score (nSPS) is 24.0. The molecule has 0 aromatic heterocycles. The van der Waals surface area contributed by atoms with Gasteiger partial charge in [0.15, 0.2) is 28.9 Å². The zero-order valence-electron chi connectivity index (χ0n) is 24.1. The number of hydrogen-bond acceptors (Lipinski definition) is 12. The molecule has 2 aromatic carbocycles. The summed E-state index contributed by atoms with van der Waals surface area (Å²) in [7, 11) is 0. The van der Waals surface area contributed by atoms with Gasteiger partial charge < -0.3 is 23.7 Å². The summed E-state index contributed by atoms with van der Waals surface area (Å²) in [6, 6.07) is 15.6. The second-order valence-corrected chi connectivity index (χ2v) is 11.1. The van der Waals surface area contributed by atoms with Crippen LogP contribution in [0.5, 0.6) is 0 Å². The van der Waals surface area contributed by atoms with Crippen LogP contribution in [0, 0.1) is 0 Å². The zero-order chi connectivity index (χ0) is 32.0. The van der Waals surface area contributed by atoms with Crippen LogP contribution in [0.25, 0.3) is 6.08 Å². The van der Waals surface area contributed by atoms with Crippen LogP contribution in [0.4, 0.5) is 5.69 Å². The van der Waals surface area contributed by atoms with Crippen molar-refractivity contribution in [1.29, 1.82) is 0 Å². The molecule has 2 aromatic rings. The third-order valence-electron chi connectivity index (χ3n) is 6.21. The monoisotopic (exact) mass is 644 g/mol. The molecule has 0 bridgehead atoms. The molecule has 5 unspecified atom stereocenters. The van der Waals surface area contributed by atoms with E-state index < -0.39 is 59.6 Å². The fraction of sp³-hybridized carbons (Fsp3) is 0.333. The predicted octanol–water partition coefficient (Wildman–Crippen LogP) is 3.90. The molecule has 1 saturated heterocycles. The molecule has 0 spiro atoms. The molecule has 12 nitrogen and oxygen atoms in total. The number of para-hydroxylation sites is 1. The van der Waals surface area contributed by atoms with Gasteiger partial charge >= 0.3 is 23.9 Å². The van der Waals surface area contributed by atoms with Crippen molar-refractivity contribution in [2.24, 2.45) is 4.99 Å². The summed E-state index contributed by atoms with van der Waals surface area (Å²) >= 11 is 7.24. The van der Waals surface area contributed by atoms with Crippen LogP contribution in [0.3, 0.4) is 0 Å². The van der Waals surface area contributed by atoms with E-state index in [-0.39, 0.29) is 17.5 Å². The molecule has 2 aliphatic rings. The second kappa shape index (κ2) is 14.5. The number of benzene rings is 2. The highest BCUT2D eigenvalue weighted by atomic mass is 35.5. The van der Waals surface area contributed by atoms with Crippen LogP contribution in [0.1, 0.15) is 33.3 Å². The summed E-state index contributed by atoms with van der Waals surface area (Å²) < 4.78 is 27.9. The van der Waals surface area contributed by atoms with E-state index in [4.69, 9.17) is 35.3 Å². The molecule has 0 aliphatic carbocycles. The van der Waals surface area contributed by atoms with Crippen molar-refractivity contribution in [3.63, 3.8) is 0 Å². The van der Waals surface area contributed by atoms with Gasteiger partial charge in [0.2, 0.25) is 0 Å². The molecule has 0 N–H and O–H groups in total. The topological polar surface area (TPSA) is 147 Å². The molecule has 0 radical (unpaired) electrons. The summed E-state index contributed by atoms with van der Waals surface area (Å²) in [5.41, 5.74) is -0.0760. The summed E-state index contributed by atoms with van der Waals surface area (Å²) in [5, 5.41) is 0.551. The predicted molar refractivity (Wildman–Crippen MR) is 160 cm³/mol. The van der Waals surface area contributed by atoms with Gasteiger partial charge in [0, 0.05) is 32.7 Å². The molecule has 1 amide bonds. The quantitative estimate of drug-likeness (QED) is 0.234. The minimum absolute atomic E-state index is 0.0649. The lowest BCUT2D eigenvalue weighted by molar-refractivity contribution is -0.237. The van der Waals surface area contributed by atoms with Gasteiger partial charge in [0.1, 0.15) is 18.4 Å². The maximum absolute atomic E-state index is 13.7. The van der Waals surface area contributed by atoms with Gasteiger partial charge in [-0.25, -0.2) is 4.99 Å². The number of amides is 1. The average Bonchev–Trinajstić information content (AvgIpc) is 3.25. The Hall–Kier alpha value is -4.20. The first-order chi connectivity index (χ1) is 20.9. The lowest BCUT2D eigenvalue weighted by Gasteiger charge is -2.44. The molecule has 5 atom stereocenters. The minimum atomic E-state index is -1.37. The van der Waals surface area contributed by atoms with E-state index in [0.29, 0.717) is 16.3 Å². The number of thioether (sulfide) groups is 1. The second-order valence-electron chi connectivity index (χ2n) is 9.61. The van der Waals surface area contributed by atoms with Crippen molar-refractivity contribution in [2.75, 3.05) is 11.5 Å². The Kier molecular flexibility index (Phi) is 10.8. The number of aliphatic imine (C=N–C) groups is 1. The molecule has 232 valence electrons. The molecule has 0 saturated carbocycles. The number of carbonyl (C=O) groups excluding carboxylic acids is 5. The minimum Gasteiger partial charge on any atom is -0.463 e. The van der Waals surface area contributed by atoms with Crippen molar-refractivity contribution in [3.05, 3.63) is 70.9 Å². The number of amidine groups is 1. The number of hydrogen-bond donors (Lipinski definition) is 0. The number of halogens is 1. The third-order valence-corrected chi connectivity index (χ3v) is 7.65. The van der Waals surface area contributed by atoms with Crippen molar-refractivity contribution >= 4 is 70.1 Å². The first-order valence-electron chi connectivity index (χ1n) is 13.4. The van der Waals surface area contributed by atoms with E-state index >= 15 is 0 Å². The standard InChI is InChI=1S/C30H29ClN2O10S/c1-16(34)39-15-24-25(40-17(2)35)26(41-18(3)36)27(42-19(4)37)29(43-24)44-30-32-23(14-20-10-8-9-13-22(20)31)28(38)33(30)21-11-6-5-7-12-21/h5-14,24-27,29H,15H2,1-4H3/b23-14+. The molecule has 1 fully saturated rings. The van der Waals surface area contributed by atoms with E-state index in [1.807, 2.05) is 0 Å². The lowest BCUT2D eigenvalue weighted by atomic mass is 9.99. The van der Waals surface area contributed by atoms with E-state index in [1.165, 1.54) is 11.8 Å². The van der Waals surface area contributed by atoms with Crippen LogP contribution in [-0.2, 0) is 47.7 Å². The molecule has 2 aliphatic heterocycles. The summed E-state index contributed by atoms with van der Waals surface area (Å²) in [5.74, 6) is -3.35. The van der Waals surface area contributed by atoms with E-state index in [0.717, 1.165) is 32.5 Å². The van der Waals surface area contributed by atoms with Crippen LogP contribution >= 0.6 is 23.4 Å². The van der Waals surface area contributed by atoms with Crippen LogP contribution < -0.4 is 4.90 Å². The highest BCUT2D eigenvalue weighted by Gasteiger charge is 2.53. The molecule has 14 heteroatoms.